The molecule has 26 heavy (non-hydrogen) atoms. The Morgan fingerprint density at radius 1 is 1.12 bits per heavy atom. The third kappa shape index (κ3) is 4.20. The van der Waals surface area contributed by atoms with E-state index >= 15 is 0 Å². The number of nitrogens with zero attached hydrogens (tertiary/aromatic N) is 4. The zero-order valence-corrected chi connectivity index (χ0v) is 15.4. The lowest BCUT2D eigenvalue weighted by molar-refractivity contribution is 0.185. The molecule has 0 radical (unpaired) electrons. The molecule has 0 saturated carbocycles. The maximum atomic E-state index is 13.6. The van der Waals surface area contributed by atoms with Crippen molar-refractivity contribution in [2.24, 2.45) is 0 Å². The molecule has 0 saturated heterocycles. The summed E-state index contributed by atoms with van der Waals surface area (Å²) in [6, 6.07) is 8.26. The molecule has 0 atom stereocenters. The molecular weight excluding hydrogens is 355 g/mol. The van der Waals surface area contributed by atoms with Crippen molar-refractivity contribution in [2.45, 2.75) is 17.5 Å². The molecule has 0 unspecified atom stereocenters. The van der Waals surface area contributed by atoms with Crippen LogP contribution in [0.25, 0.3) is 11.4 Å². The average Bonchev–Trinajstić information content (AvgIpc) is 3.08. The highest BCUT2D eigenvalue weighted by Gasteiger charge is 2.15. The van der Waals surface area contributed by atoms with E-state index in [-0.39, 0.29) is 5.82 Å². The van der Waals surface area contributed by atoms with Gasteiger partial charge in [0.05, 0.1) is 20.3 Å². The summed E-state index contributed by atoms with van der Waals surface area (Å²) in [7, 11) is 3.23. The van der Waals surface area contributed by atoms with E-state index in [0.29, 0.717) is 24.7 Å². The fourth-order valence-electron chi connectivity index (χ4n) is 2.50. The van der Waals surface area contributed by atoms with Gasteiger partial charge in [-0.05, 0) is 30.3 Å². The highest BCUT2D eigenvalue weighted by atomic mass is 32.2. The normalized spacial score (nSPS) is 10.9. The van der Waals surface area contributed by atoms with Gasteiger partial charge >= 0.3 is 0 Å². The third-order valence-corrected chi connectivity index (χ3v) is 4.79. The number of thioether (sulfide) groups is 1. The van der Waals surface area contributed by atoms with Crippen LogP contribution in [0.1, 0.15) is 5.56 Å². The molecule has 1 aromatic carbocycles. The Morgan fingerprint density at radius 3 is 2.65 bits per heavy atom. The minimum absolute atomic E-state index is 0.292. The van der Waals surface area contributed by atoms with Gasteiger partial charge in [-0.15, -0.1) is 10.2 Å². The predicted octanol–water partition coefficient (Wildman–Crippen LogP) is 3.43. The topological polar surface area (TPSA) is 62.1 Å². The first-order chi connectivity index (χ1) is 12.7. The van der Waals surface area contributed by atoms with E-state index in [9.17, 15) is 4.39 Å². The van der Waals surface area contributed by atoms with Crippen LogP contribution in [0.2, 0.25) is 0 Å². The van der Waals surface area contributed by atoms with E-state index in [1.54, 1.807) is 32.7 Å². The third-order valence-electron chi connectivity index (χ3n) is 3.77. The Balaban J connectivity index is 1.86. The van der Waals surface area contributed by atoms with Gasteiger partial charge in [0, 0.05) is 36.4 Å². The summed E-state index contributed by atoms with van der Waals surface area (Å²) in [4.78, 5) is 4.04. The zero-order valence-electron chi connectivity index (χ0n) is 14.6. The summed E-state index contributed by atoms with van der Waals surface area (Å²) < 4.78 is 26.1. The highest BCUT2D eigenvalue weighted by molar-refractivity contribution is 7.98. The molecule has 2 aromatic heterocycles. The van der Waals surface area contributed by atoms with Crippen LogP contribution < -0.4 is 4.74 Å². The maximum Gasteiger partial charge on any atom is 0.191 e. The van der Waals surface area contributed by atoms with Crippen LogP contribution in [0.15, 0.2) is 47.9 Å². The van der Waals surface area contributed by atoms with Crippen molar-refractivity contribution in [1.82, 2.24) is 19.7 Å². The molecule has 0 bridgehead atoms. The SMILES string of the molecule is COCCn1c(SCc2cc(F)ccc2OC)nnc1-c1ccncc1. The summed E-state index contributed by atoms with van der Waals surface area (Å²) in [5.41, 5.74) is 1.70. The van der Waals surface area contributed by atoms with Gasteiger partial charge in [-0.25, -0.2) is 4.39 Å². The summed E-state index contributed by atoms with van der Waals surface area (Å²) in [6.07, 6.45) is 3.43. The lowest BCUT2D eigenvalue weighted by Crippen LogP contribution is -2.07. The van der Waals surface area contributed by atoms with Crippen molar-refractivity contribution in [3.05, 3.63) is 54.1 Å². The molecular formula is C18H19FN4O2S. The second-order valence-electron chi connectivity index (χ2n) is 5.43. The fourth-order valence-corrected chi connectivity index (χ4v) is 3.44. The van der Waals surface area contributed by atoms with E-state index in [4.69, 9.17) is 9.47 Å². The Bertz CT molecular complexity index is 858. The zero-order chi connectivity index (χ0) is 18.4. The van der Waals surface area contributed by atoms with Crippen molar-refractivity contribution >= 4 is 11.8 Å². The number of ether oxygens (including phenoxy) is 2. The van der Waals surface area contributed by atoms with Gasteiger partial charge in [-0.3, -0.25) is 9.55 Å². The molecule has 0 aliphatic heterocycles. The molecule has 3 rings (SSSR count). The van der Waals surface area contributed by atoms with Crippen molar-refractivity contribution in [3.63, 3.8) is 0 Å². The molecule has 0 aliphatic carbocycles. The van der Waals surface area contributed by atoms with Crippen molar-refractivity contribution in [2.75, 3.05) is 20.8 Å². The number of rotatable bonds is 8. The molecule has 2 heterocycles. The molecule has 0 spiro atoms. The van der Waals surface area contributed by atoms with Gasteiger partial charge in [-0.2, -0.15) is 0 Å². The average molecular weight is 374 g/mol. The van der Waals surface area contributed by atoms with Gasteiger partial charge in [0.1, 0.15) is 11.6 Å². The maximum absolute atomic E-state index is 13.6. The van der Waals surface area contributed by atoms with Gasteiger partial charge < -0.3 is 9.47 Å². The number of benzene rings is 1. The van der Waals surface area contributed by atoms with Crippen molar-refractivity contribution in [3.8, 4) is 17.1 Å². The minimum Gasteiger partial charge on any atom is -0.496 e. The molecule has 0 amide bonds. The molecule has 0 aliphatic rings. The van der Waals surface area contributed by atoms with E-state index in [1.165, 1.54) is 23.9 Å². The number of hydrogen-bond acceptors (Lipinski definition) is 6. The number of hydrogen-bond donors (Lipinski definition) is 0. The summed E-state index contributed by atoms with van der Waals surface area (Å²) in [5, 5.41) is 9.36. The second-order valence-corrected chi connectivity index (χ2v) is 6.37. The van der Waals surface area contributed by atoms with Crippen molar-refractivity contribution < 1.29 is 13.9 Å². The number of halogens is 1. The number of pyridine rings is 1. The molecule has 136 valence electrons. The van der Waals surface area contributed by atoms with Gasteiger partial charge in [-0.1, -0.05) is 11.8 Å². The molecule has 0 N–H and O–H groups in total. The van der Waals surface area contributed by atoms with Crippen LogP contribution in [-0.4, -0.2) is 40.6 Å². The number of aromatic nitrogens is 4. The standard InChI is InChI=1S/C18H19FN4O2S/c1-24-10-9-23-17(13-5-7-20-8-6-13)21-22-18(23)26-12-14-11-15(19)3-4-16(14)25-2/h3-8,11H,9-10,12H2,1-2H3. The van der Waals surface area contributed by atoms with Gasteiger partial charge in [0.2, 0.25) is 0 Å². The minimum atomic E-state index is -0.292. The predicted molar refractivity (Wildman–Crippen MR) is 97.6 cm³/mol. The van der Waals surface area contributed by atoms with Crippen LogP contribution in [0.3, 0.4) is 0 Å². The molecule has 8 heteroatoms. The van der Waals surface area contributed by atoms with E-state index in [0.717, 1.165) is 22.1 Å². The van der Waals surface area contributed by atoms with E-state index in [1.807, 2.05) is 16.7 Å². The van der Waals surface area contributed by atoms with Crippen LogP contribution in [0.4, 0.5) is 4.39 Å². The van der Waals surface area contributed by atoms with Crippen molar-refractivity contribution in [1.29, 1.82) is 0 Å². The second kappa shape index (κ2) is 8.77. The first-order valence-electron chi connectivity index (χ1n) is 8.00. The van der Waals surface area contributed by atoms with Crippen LogP contribution in [-0.2, 0) is 17.0 Å². The van der Waals surface area contributed by atoms with Gasteiger partial charge in [0.15, 0.2) is 11.0 Å². The van der Waals surface area contributed by atoms with Crippen LogP contribution in [0, 0.1) is 5.82 Å². The van der Waals surface area contributed by atoms with E-state index in [2.05, 4.69) is 15.2 Å². The first kappa shape index (κ1) is 18.3. The summed E-state index contributed by atoms with van der Waals surface area (Å²) in [5.74, 6) is 1.62. The van der Waals surface area contributed by atoms with E-state index < -0.39 is 0 Å². The Morgan fingerprint density at radius 2 is 1.92 bits per heavy atom. The Hall–Kier alpha value is -2.45. The Labute approximate surface area is 155 Å². The smallest absolute Gasteiger partial charge is 0.191 e. The van der Waals surface area contributed by atoms with Crippen LogP contribution in [0.5, 0.6) is 5.75 Å². The summed E-state index contributed by atoms with van der Waals surface area (Å²) in [6.45, 7) is 1.15. The number of methoxy groups -OCH3 is 2. The fraction of sp³-hybridized carbons (Fsp3) is 0.278. The monoisotopic (exact) mass is 374 g/mol. The largest absolute Gasteiger partial charge is 0.496 e. The molecule has 3 aromatic rings. The first-order valence-corrected chi connectivity index (χ1v) is 8.99. The lowest BCUT2D eigenvalue weighted by atomic mass is 10.2. The lowest BCUT2D eigenvalue weighted by Gasteiger charge is -2.11. The molecule has 0 fully saturated rings. The highest BCUT2D eigenvalue weighted by Crippen LogP contribution is 2.30. The Kier molecular flexibility index (Phi) is 6.19. The quantitative estimate of drug-likeness (QED) is 0.563. The van der Waals surface area contributed by atoms with Gasteiger partial charge in [0.25, 0.3) is 0 Å². The summed E-state index contributed by atoms with van der Waals surface area (Å²) >= 11 is 1.48. The van der Waals surface area contributed by atoms with Crippen LogP contribution >= 0.6 is 11.8 Å². The molecule has 6 nitrogen and oxygen atoms in total.